The standard InChI is InChI=1S/C13H14O4S/c1-10-4-2-3-5-12(10)17-13(14)8-11-6-7-18(15,16)9-11/h2-7,11H,8-9H2,1H3/t11-/m1/s1. The van der Waals surface area contributed by atoms with Crippen molar-refractivity contribution in [2.24, 2.45) is 5.92 Å². The molecule has 1 heterocycles. The summed E-state index contributed by atoms with van der Waals surface area (Å²) in [5, 5.41) is 1.17. The Balaban J connectivity index is 1.95. The van der Waals surface area contributed by atoms with Crippen LogP contribution in [0.4, 0.5) is 0 Å². The molecule has 0 saturated heterocycles. The van der Waals surface area contributed by atoms with E-state index in [1.165, 1.54) is 5.41 Å². The van der Waals surface area contributed by atoms with E-state index in [1.54, 1.807) is 18.2 Å². The van der Waals surface area contributed by atoms with Crippen LogP contribution in [0.25, 0.3) is 0 Å². The van der Waals surface area contributed by atoms with Crippen LogP contribution in [0.1, 0.15) is 12.0 Å². The van der Waals surface area contributed by atoms with Crippen LogP contribution < -0.4 is 4.74 Å². The average molecular weight is 266 g/mol. The van der Waals surface area contributed by atoms with Gasteiger partial charge in [0.2, 0.25) is 0 Å². The fourth-order valence-electron chi connectivity index (χ4n) is 1.82. The smallest absolute Gasteiger partial charge is 0.311 e. The SMILES string of the molecule is Cc1ccccc1OC(=O)C[C@H]1C=CS(=O)(=O)C1. The number of esters is 1. The van der Waals surface area contributed by atoms with Crippen molar-refractivity contribution in [2.75, 3.05) is 5.75 Å². The summed E-state index contributed by atoms with van der Waals surface area (Å²) in [5.41, 5.74) is 0.875. The van der Waals surface area contributed by atoms with Gasteiger partial charge >= 0.3 is 5.97 Å². The van der Waals surface area contributed by atoms with Crippen LogP contribution in [-0.2, 0) is 14.6 Å². The van der Waals surface area contributed by atoms with E-state index in [0.29, 0.717) is 5.75 Å². The van der Waals surface area contributed by atoms with Crippen molar-refractivity contribution in [3.63, 3.8) is 0 Å². The molecule has 0 spiro atoms. The number of carbonyl (C=O) groups excluding carboxylic acids is 1. The summed E-state index contributed by atoms with van der Waals surface area (Å²) < 4.78 is 27.6. The molecule has 1 aromatic rings. The predicted octanol–water partition coefficient (Wildman–Crippen LogP) is 1.85. The van der Waals surface area contributed by atoms with E-state index in [2.05, 4.69) is 0 Å². The zero-order valence-electron chi connectivity index (χ0n) is 10.00. The molecule has 0 aliphatic carbocycles. The molecule has 2 rings (SSSR count). The lowest BCUT2D eigenvalue weighted by molar-refractivity contribution is -0.135. The monoisotopic (exact) mass is 266 g/mol. The van der Waals surface area contributed by atoms with Crippen molar-refractivity contribution in [2.45, 2.75) is 13.3 Å². The van der Waals surface area contributed by atoms with Gasteiger partial charge in [-0.05, 0) is 18.6 Å². The maximum absolute atomic E-state index is 11.7. The largest absolute Gasteiger partial charge is 0.426 e. The van der Waals surface area contributed by atoms with Gasteiger partial charge in [-0.3, -0.25) is 4.79 Å². The van der Waals surface area contributed by atoms with Gasteiger partial charge in [-0.2, -0.15) is 0 Å². The first-order valence-electron chi connectivity index (χ1n) is 5.63. The molecule has 0 saturated carbocycles. The molecule has 18 heavy (non-hydrogen) atoms. The third-order valence-electron chi connectivity index (χ3n) is 2.75. The maximum Gasteiger partial charge on any atom is 0.311 e. The third kappa shape index (κ3) is 3.20. The Bertz CT molecular complexity index is 587. The van der Waals surface area contributed by atoms with Crippen LogP contribution in [0.3, 0.4) is 0 Å². The van der Waals surface area contributed by atoms with Crippen LogP contribution in [0.2, 0.25) is 0 Å². The number of ether oxygens (including phenoxy) is 1. The zero-order chi connectivity index (χ0) is 13.2. The Kier molecular flexibility index (Phi) is 3.52. The summed E-state index contributed by atoms with van der Waals surface area (Å²) in [6.07, 6.45) is 1.64. The van der Waals surface area contributed by atoms with Gasteiger partial charge in [0.1, 0.15) is 5.75 Å². The van der Waals surface area contributed by atoms with Gasteiger partial charge in [-0.25, -0.2) is 8.42 Å². The highest BCUT2D eigenvalue weighted by atomic mass is 32.2. The summed E-state index contributed by atoms with van der Waals surface area (Å²) >= 11 is 0. The molecule has 0 radical (unpaired) electrons. The van der Waals surface area contributed by atoms with Crippen LogP contribution in [-0.4, -0.2) is 20.1 Å². The van der Waals surface area contributed by atoms with Crippen molar-refractivity contribution < 1.29 is 17.9 Å². The van der Waals surface area contributed by atoms with Crippen LogP contribution >= 0.6 is 0 Å². The number of hydrogen-bond donors (Lipinski definition) is 0. The molecule has 0 unspecified atom stereocenters. The molecule has 96 valence electrons. The number of carbonyl (C=O) groups is 1. The minimum Gasteiger partial charge on any atom is -0.426 e. The molecule has 0 N–H and O–H groups in total. The number of hydrogen-bond acceptors (Lipinski definition) is 4. The molecular formula is C13H14O4S. The maximum atomic E-state index is 11.7. The molecule has 0 fully saturated rings. The number of rotatable bonds is 3. The van der Waals surface area contributed by atoms with E-state index >= 15 is 0 Å². The second-order valence-electron chi connectivity index (χ2n) is 4.36. The molecule has 0 amide bonds. The first-order valence-corrected chi connectivity index (χ1v) is 7.35. The second kappa shape index (κ2) is 4.94. The Morgan fingerprint density at radius 1 is 1.39 bits per heavy atom. The molecule has 0 bridgehead atoms. The number of allylic oxidation sites excluding steroid dienone is 1. The van der Waals surface area contributed by atoms with Gasteiger partial charge in [-0.1, -0.05) is 24.3 Å². The summed E-state index contributed by atoms with van der Waals surface area (Å²) in [7, 11) is -3.11. The van der Waals surface area contributed by atoms with E-state index < -0.39 is 15.8 Å². The molecule has 1 aromatic carbocycles. The van der Waals surface area contributed by atoms with Gasteiger partial charge in [-0.15, -0.1) is 0 Å². The molecular weight excluding hydrogens is 252 g/mol. The van der Waals surface area contributed by atoms with Gasteiger partial charge in [0, 0.05) is 11.3 Å². The van der Waals surface area contributed by atoms with Crippen LogP contribution in [0, 0.1) is 12.8 Å². The summed E-state index contributed by atoms with van der Waals surface area (Å²) in [6, 6.07) is 7.21. The highest BCUT2D eigenvalue weighted by molar-refractivity contribution is 7.94. The normalized spacial score (nSPS) is 20.8. The second-order valence-corrected chi connectivity index (χ2v) is 6.29. The van der Waals surface area contributed by atoms with Crippen molar-refractivity contribution in [3.8, 4) is 5.75 Å². The molecule has 4 nitrogen and oxygen atoms in total. The van der Waals surface area contributed by atoms with E-state index in [-0.39, 0.29) is 18.1 Å². The number of para-hydroxylation sites is 1. The van der Waals surface area contributed by atoms with E-state index in [9.17, 15) is 13.2 Å². The van der Waals surface area contributed by atoms with Crippen LogP contribution in [0.15, 0.2) is 35.7 Å². The van der Waals surface area contributed by atoms with E-state index in [4.69, 9.17) is 4.74 Å². The van der Waals surface area contributed by atoms with Crippen molar-refractivity contribution in [3.05, 3.63) is 41.3 Å². The Hall–Kier alpha value is -1.62. The minimum atomic E-state index is -3.11. The van der Waals surface area contributed by atoms with Gasteiger partial charge in [0.25, 0.3) is 0 Å². The molecule has 5 heteroatoms. The minimum absolute atomic E-state index is 0.00410. The number of sulfone groups is 1. The molecule has 1 aliphatic heterocycles. The first kappa shape index (κ1) is 12.8. The first-order chi connectivity index (χ1) is 8.46. The van der Waals surface area contributed by atoms with Crippen molar-refractivity contribution in [1.29, 1.82) is 0 Å². The fraction of sp³-hybridized carbons (Fsp3) is 0.308. The lowest BCUT2D eigenvalue weighted by atomic mass is 10.1. The van der Waals surface area contributed by atoms with Gasteiger partial charge in [0.05, 0.1) is 12.2 Å². The van der Waals surface area contributed by atoms with Gasteiger partial charge < -0.3 is 4.74 Å². The summed E-state index contributed by atoms with van der Waals surface area (Å²) in [6.45, 7) is 1.85. The predicted molar refractivity (Wildman–Crippen MR) is 67.8 cm³/mol. The highest BCUT2D eigenvalue weighted by Gasteiger charge is 2.24. The Labute approximate surface area is 106 Å². The quantitative estimate of drug-likeness (QED) is 0.619. The topological polar surface area (TPSA) is 60.4 Å². The summed E-state index contributed by atoms with van der Waals surface area (Å²) in [4.78, 5) is 11.7. The molecule has 1 aliphatic rings. The number of aryl methyl sites for hydroxylation is 1. The Morgan fingerprint density at radius 3 is 2.72 bits per heavy atom. The lowest BCUT2D eigenvalue weighted by Crippen LogP contribution is -2.15. The molecule has 0 aromatic heterocycles. The van der Waals surface area contributed by atoms with E-state index in [1.807, 2.05) is 19.1 Å². The third-order valence-corrected chi connectivity index (χ3v) is 4.22. The average Bonchev–Trinajstić information content (AvgIpc) is 2.61. The van der Waals surface area contributed by atoms with Crippen LogP contribution in [0.5, 0.6) is 5.75 Å². The highest BCUT2D eigenvalue weighted by Crippen LogP contribution is 2.21. The Morgan fingerprint density at radius 2 is 2.11 bits per heavy atom. The van der Waals surface area contributed by atoms with Crippen molar-refractivity contribution >= 4 is 15.8 Å². The molecule has 1 atom stereocenters. The number of benzene rings is 1. The summed E-state index contributed by atoms with van der Waals surface area (Å²) in [5.74, 6) is -0.162. The van der Waals surface area contributed by atoms with Gasteiger partial charge in [0.15, 0.2) is 9.84 Å². The van der Waals surface area contributed by atoms with Crippen molar-refractivity contribution in [1.82, 2.24) is 0 Å². The zero-order valence-corrected chi connectivity index (χ0v) is 10.8. The van der Waals surface area contributed by atoms with E-state index in [0.717, 1.165) is 5.56 Å². The lowest BCUT2D eigenvalue weighted by Gasteiger charge is -2.09. The fourth-order valence-corrected chi connectivity index (χ4v) is 3.22.